The Morgan fingerprint density at radius 1 is 1.12 bits per heavy atom. The van der Waals surface area contributed by atoms with E-state index in [0.29, 0.717) is 5.75 Å². The van der Waals surface area contributed by atoms with Crippen LogP contribution < -0.4 is 10.5 Å². The minimum Gasteiger partial charge on any atom is -0.363 e. The van der Waals surface area contributed by atoms with Crippen LogP contribution in [0, 0.1) is 0 Å². The molecule has 2 aromatic heterocycles. The van der Waals surface area contributed by atoms with Gasteiger partial charge in [-0.15, -0.1) is 23.1 Å². The molecule has 0 saturated heterocycles. The first-order valence-electron chi connectivity index (χ1n) is 10.8. The smallest absolute Gasteiger partial charge is 0.238 e. The van der Waals surface area contributed by atoms with Crippen LogP contribution in [0.15, 0.2) is 64.4 Å². The van der Waals surface area contributed by atoms with E-state index in [-0.39, 0.29) is 10.9 Å². The van der Waals surface area contributed by atoms with Gasteiger partial charge in [-0.05, 0) is 61.6 Å². The molecule has 2 aromatic carbocycles. The number of hydrogen-bond donors (Lipinski definition) is 2. The molecule has 0 spiro atoms. The van der Waals surface area contributed by atoms with Crippen molar-refractivity contribution < 1.29 is 8.42 Å². The molecular weight excluding hydrogens is 472 g/mol. The molecule has 0 radical (unpaired) electrons. The van der Waals surface area contributed by atoms with Crippen LogP contribution in [0.4, 0.5) is 5.82 Å². The zero-order chi connectivity index (χ0) is 23.0. The maximum absolute atomic E-state index is 11.8. The van der Waals surface area contributed by atoms with Crippen LogP contribution in [-0.2, 0) is 28.6 Å². The highest BCUT2D eigenvalue weighted by molar-refractivity contribution is 7.98. The van der Waals surface area contributed by atoms with Crippen molar-refractivity contribution >= 4 is 49.2 Å². The number of aromatic nitrogens is 2. The van der Waals surface area contributed by atoms with E-state index in [1.165, 1.54) is 21.4 Å². The van der Waals surface area contributed by atoms with Gasteiger partial charge in [0.05, 0.1) is 22.1 Å². The van der Waals surface area contributed by atoms with E-state index in [9.17, 15) is 8.42 Å². The van der Waals surface area contributed by atoms with Gasteiger partial charge in [0, 0.05) is 9.77 Å². The third-order valence-electron chi connectivity index (χ3n) is 5.76. The van der Waals surface area contributed by atoms with Crippen molar-refractivity contribution in [2.75, 3.05) is 5.32 Å². The lowest BCUT2D eigenvalue weighted by atomic mass is 10.1. The molecule has 6 nitrogen and oxygen atoms in total. The zero-order valence-electron chi connectivity index (χ0n) is 18.1. The normalized spacial score (nSPS) is 14.4. The van der Waals surface area contributed by atoms with Crippen molar-refractivity contribution in [3.63, 3.8) is 0 Å². The van der Waals surface area contributed by atoms with E-state index in [2.05, 4.69) is 17.4 Å². The second-order valence-electron chi connectivity index (χ2n) is 8.11. The fraction of sp³-hybridized carbons (Fsp3) is 0.250. The van der Waals surface area contributed by atoms with E-state index in [1.807, 2.05) is 31.2 Å². The Morgan fingerprint density at radius 2 is 1.94 bits per heavy atom. The number of aryl methyl sites for hydroxylation is 2. The summed E-state index contributed by atoms with van der Waals surface area (Å²) in [6, 6.07) is 16.8. The second kappa shape index (κ2) is 9.06. The molecule has 170 valence electrons. The summed E-state index contributed by atoms with van der Waals surface area (Å²) in [7, 11) is -3.76. The molecule has 5 rings (SSSR count). The maximum Gasteiger partial charge on any atom is 0.238 e. The molecule has 1 unspecified atom stereocenters. The van der Waals surface area contributed by atoms with E-state index < -0.39 is 10.0 Å². The van der Waals surface area contributed by atoms with Crippen molar-refractivity contribution in [2.24, 2.45) is 5.14 Å². The van der Waals surface area contributed by atoms with Crippen molar-refractivity contribution in [3.8, 4) is 0 Å². The monoisotopic (exact) mass is 496 g/mol. The van der Waals surface area contributed by atoms with Crippen molar-refractivity contribution in [1.82, 2.24) is 9.97 Å². The van der Waals surface area contributed by atoms with Gasteiger partial charge in [-0.3, -0.25) is 0 Å². The van der Waals surface area contributed by atoms with Gasteiger partial charge >= 0.3 is 0 Å². The Kier molecular flexibility index (Phi) is 6.13. The van der Waals surface area contributed by atoms with Crippen molar-refractivity contribution in [1.29, 1.82) is 0 Å². The first-order chi connectivity index (χ1) is 15.9. The molecule has 0 fully saturated rings. The van der Waals surface area contributed by atoms with Crippen LogP contribution in [0.5, 0.6) is 0 Å². The van der Waals surface area contributed by atoms with Gasteiger partial charge < -0.3 is 5.32 Å². The molecule has 33 heavy (non-hydrogen) atoms. The quantitative estimate of drug-likeness (QED) is 0.337. The minimum absolute atomic E-state index is 0.109. The molecule has 0 bridgehead atoms. The van der Waals surface area contributed by atoms with Crippen LogP contribution in [0.2, 0.25) is 0 Å². The number of thiophene rings is 1. The van der Waals surface area contributed by atoms with E-state index in [4.69, 9.17) is 15.1 Å². The van der Waals surface area contributed by atoms with Gasteiger partial charge in [0.2, 0.25) is 10.0 Å². The van der Waals surface area contributed by atoms with Gasteiger partial charge in [0.15, 0.2) is 0 Å². The van der Waals surface area contributed by atoms with E-state index in [0.717, 1.165) is 46.7 Å². The van der Waals surface area contributed by atoms with Crippen LogP contribution in [-0.4, -0.2) is 18.4 Å². The average Bonchev–Trinajstić information content (AvgIpc) is 3.39. The largest absolute Gasteiger partial charge is 0.363 e. The highest BCUT2D eigenvalue weighted by atomic mass is 32.2. The standard InChI is InChI=1S/C24H24N4O2S3/c1-15(16-7-5-10-18(13-16)33(25,29)30)26-23-22-19-11-6-12-20(19)32-24(22)28-21(27-23)14-31-17-8-3-2-4-9-17/h2-5,7-10,13,15H,6,11-12,14H2,1H3,(H2,25,29,30)(H,26,27,28). The molecule has 0 amide bonds. The molecule has 1 aliphatic rings. The fourth-order valence-electron chi connectivity index (χ4n) is 4.12. The predicted octanol–water partition coefficient (Wildman–Crippen LogP) is 5.29. The first kappa shape index (κ1) is 22.3. The summed E-state index contributed by atoms with van der Waals surface area (Å²) in [6.07, 6.45) is 3.30. The Hall–Kier alpha value is -2.46. The molecular formula is C24H24N4O2S3. The molecule has 4 aromatic rings. The maximum atomic E-state index is 11.8. The highest BCUT2D eigenvalue weighted by Crippen LogP contribution is 2.40. The number of primary sulfonamides is 1. The predicted molar refractivity (Wildman–Crippen MR) is 135 cm³/mol. The number of nitrogens with one attached hydrogen (secondary N) is 1. The molecule has 9 heteroatoms. The second-order valence-corrected chi connectivity index (χ2v) is 11.8. The third kappa shape index (κ3) is 4.77. The molecule has 0 saturated carbocycles. The minimum atomic E-state index is -3.76. The molecule has 0 aliphatic heterocycles. The van der Waals surface area contributed by atoms with Gasteiger partial charge in [0.25, 0.3) is 0 Å². The summed E-state index contributed by atoms with van der Waals surface area (Å²) in [6.45, 7) is 2.00. The van der Waals surface area contributed by atoms with Gasteiger partial charge in [-0.1, -0.05) is 30.3 Å². The van der Waals surface area contributed by atoms with Crippen molar-refractivity contribution in [3.05, 3.63) is 76.4 Å². The lowest BCUT2D eigenvalue weighted by molar-refractivity contribution is 0.597. The summed E-state index contributed by atoms with van der Waals surface area (Å²) in [5.74, 6) is 2.27. The van der Waals surface area contributed by atoms with E-state index >= 15 is 0 Å². The van der Waals surface area contributed by atoms with Crippen LogP contribution >= 0.6 is 23.1 Å². The summed E-state index contributed by atoms with van der Waals surface area (Å²) < 4.78 is 23.6. The lowest BCUT2D eigenvalue weighted by Gasteiger charge is -2.17. The topological polar surface area (TPSA) is 98.0 Å². The number of hydrogen-bond acceptors (Lipinski definition) is 7. The number of rotatable bonds is 7. The summed E-state index contributed by atoms with van der Waals surface area (Å²) in [4.78, 5) is 13.5. The number of fused-ring (bicyclic) bond motifs is 3. The molecule has 2 heterocycles. The third-order valence-corrected chi connectivity index (χ3v) is 8.87. The Balaban J connectivity index is 1.49. The van der Waals surface area contributed by atoms with Crippen LogP contribution in [0.3, 0.4) is 0 Å². The SMILES string of the molecule is CC(Nc1nc(CSc2ccccc2)nc2sc3c(c12)CCC3)c1cccc(S(N)(=O)=O)c1. The number of nitrogens with two attached hydrogens (primary N) is 1. The van der Waals surface area contributed by atoms with Crippen LogP contribution in [0.25, 0.3) is 10.2 Å². The molecule has 1 aliphatic carbocycles. The number of nitrogens with zero attached hydrogens (tertiary/aromatic N) is 2. The van der Waals surface area contributed by atoms with Crippen molar-refractivity contribution in [2.45, 2.75) is 47.8 Å². The first-order valence-corrected chi connectivity index (χ1v) is 14.1. The summed E-state index contributed by atoms with van der Waals surface area (Å²) in [5.41, 5.74) is 2.19. The Labute approximate surface area is 201 Å². The zero-order valence-corrected chi connectivity index (χ0v) is 20.6. The molecule has 3 N–H and O–H groups in total. The van der Waals surface area contributed by atoms with Gasteiger partial charge in [-0.25, -0.2) is 23.5 Å². The lowest BCUT2D eigenvalue weighted by Crippen LogP contribution is -2.14. The fourth-order valence-corrected chi connectivity index (χ4v) is 6.75. The Morgan fingerprint density at radius 3 is 2.73 bits per heavy atom. The number of thioether (sulfide) groups is 1. The summed E-state index contributed by atoms with van der Waals surface area (Å²) >= 11 is 3.48. The summed E-state index contributed by atoms with van der Waals surface area (Å²) in [5, 5.41) is 9.98. The van der Waals surface area contributed by atoms with Gasteiger partial charge in [0.1, 0.15) is 16.5 Å². The number of benzene rings is 2. The molecule has 1 atom stereocenters. The number of anilines is 1. The average molecular weight is 497 g/mol. The van der Waals surface area contributed by atoms with Crippen LogP contribution in [0.1, 0.15) is 41.2 Å². The number of sulfonamides is 1. The Bertz CT molecular complexity index is 1420. The highest BCUT2D eigenvalue weighted by Gasteiger charge is 2.23. The van der Waals surface area contributed by atoms with E-state index in [1.54, 1.807) is 35.2 Å². The van der Waals surface area contributed by atoms with Gasteiger partial charge in [-0.2, -0.15) is 0 Å².